The quantitative estimate of drug-likeness (QED) is 0.751. The first-order valence-corrected chi connectivity index (χ1v) is 5.23. The number of aromatic nitrogens is 1. The van der Waals surface area contributed by atoms with Crippen LogP contribution < -0.4 is 0 Å². The maximum atomic E-state index is 11.2. The number of ether oxygens (including phenoxy) is 1. The second kappa shape index (κ2) is 3.33. The molecule has 1 atom stereocenters. The molecule has 0 radical (unpaired) electrons. The summed E-state index contributed by atoms with van der Waals surface area (Å²) >= 11 is 1.47. The Morgan fingerprint density at radius 2 is 2.50 bits per heavy atom. The zero-order valence-corrected chi connectivity index (χ0v) is 8.58. The van der Waals surface area contributed by atoms with E-state index in [2.05, 4.69) is 9.72 Å². The van der Waals surface area contributed by atoms with Gasteiger partial charge in [0.05, 0.1) is 12.6 Å². The monoisotopic (exact) mass is 213 g/mol. The Morgan fingerprint density at radius 3 is 2.93 bits per heavy atom. The fourth-order valence-corrected chi connectivity index (χ4v) is 2.50. The maximum absolute atomic E-state index is 11.2. The Kier molecular flexibility index (Phi) is 2.28. The lowest BCUT2D eigenvalue weighted by atomic mass is 9.98. The lowest BCUT2D eigenvalue weighted by molar-refractivity contribution is -0.152. The summed E-state index contributed by atoms with van der Waals surface area (Å²) in [4.78, 5) is 16.1. The van der Waals surface area contributed by atoms with Crippen LogP contribution in [0.15, 0.2) is 11.7 Å². The van der Waals surface area contributed by atoms with E-state index in [0.29, 0.717) is 0 Å². The Balaban J connectivity index is 2.21. The number of methoxy groups -OCH3 is 1. The standard InChI is InChI=1S/C9H11NO3S/c1-13-8(12)7(11)9(2-3-9)6-4-10-5-14-6/h4-5,7,11H,2-3H2,1H3. The van der Waals surface area contributed by atoms with Crippen molar-refractivity contribution in [3.63, 3.8) is 0 Å². The molecule has 1 saturated carbocycles. The number of hydrogen-bond acceptors (Lipinski definition) is 5. The van der Waals surface area contributed by atoms with Crippen molar-refractivity contribution in [2.45, 2.75) is 24.4 Å². The van der Waals surface area contributed by atoms with Gasteiger partial charge in [0.15, 0.2) is 6.10 Å². The van der Waals surface area contributed by atoms with E-state index in [9.17, 15) is 9.90 Å². The van der Waals surface area contributed by atoms with E-state index in [1.807, 2.05) is 0 Å². The van der Waals surface area contributed by atoms with Gasteiger partial charge in [-0.3, -0.25) is 4.98 Å². The Hall–Kier alpha value is -0.940. The van der Waals surface area contributed by atoms with Crippen molar-refractivity contribution in [2.24, 2.45) is 0 Å². The molecule has 1 aliphatic rings. The summed E-state index contributed by atoms with van der Waals surface area (Å²) in [5, 5.41) is 9.78. The van der Waals surface area contributed by atoms with Crippen LogP contribution in [0.5, 0.6) is 0 Å². The van der Waals surface area contributed by atoms with E-state index in [-0.39, 0.29) is 0 Å². The predicted octanol–water partition coefficient (Wildman–Crippen LogP) is 0.709. The van der Waals surface area contributed by atoms with Crippen molar-refractivity contribution in [1.82, 2.24) is 4.98 Å². The molecule has 1 aromatic heterocycles. The third-order valence-electron chi connectivity index (χ3n) is 2.66. The predicted molar refractivity (Wildman–Crippen MR) is 51.0 cm³/mol. The summed E-state index contributed by atoms with van der Waals surface area (Å²) in [5.41, 5.74) is 1.30. The molecule has 0 spiro atoms. The number of carbonyl (C=O) groups is 1. The first kappa shape index (κ1) is 9.61. The fraction of sp³-hybridized carbons (Fsp3) is 0.556. The first-order chi connectivity index (χ1) is 6.70. The van der Waals surface area contributed by atoms with E-state index in [1.165, 1.54) is 18.4 Å². The average molecular weight is 213 g/mol. The normalized spacial score (nSPS) is 20.1. The first-order valence-electron chi connectivity index (χ1n) is 4.35. The van der Waals surface area contributed by atoms with Crippen LogP contribution in [0.2, 0.25) is 0 Å². The Bertz CT molecular complexity index is 332. The highest BCUT2D eigenvalue weighted by Gasteiger charge is 2.54. The highest BCUT2D eigenvalue weighted by Crippen LogP contribution is 2.52. The number of rotatable bonds is 3. The van der Waals surface area contributed by atoms with Crippen LogP contribution in [0.3, 0.4) is 0 Å². The third kappa shape index (κ3) is 1.33. The largest absolute Gasteiger partial charge is 0.467 e. The number of aliphatic hydroxyl groups excluding tert-OH is 1. The summed E-state index contributed by atoms with van der Waals surface area (Å²) in [6.45, 7) is 0. The molecule has 0 saturated heterocycles. The second-order valence-electron chi connectivity index (χ2n) is 3.45. The SMILES string of the molecule is COC(=O)C(O)C1(c2cncs2)CC1. The number of aliphatic hydroxyl groups is 1. The number of carbonyl (C=O) groups excluding carboxylic acids is 1. The zero-order valence-electron chi connectivity index (χ0n) is 7.77. The van der Waals surface area contributed by atoms with Gasteiger partial charge in [0.25, 0.3) is 0 Å². The average Bonchev–Trinajstić information content (AvgIpc) is 2.84. The van der Waals surface area contributed by atoms with Crippen molar-refractivity contribution < 1.29 is 14.6 Å². The van der Waals surface area contributed by atoms with Crippen LogP contribution in [0.4, 0.5) is 0 Å². The van der Waals surface area contributed by atoms with Crippen molar-refractivity contribution in [3.8, 4) is 0 Å². The molecule has 4 nitrogen and oxygen atoms in total. The molecule has 0 bridgehead atoms. The molecule has 0 aliphatic heterocycles. The van der Waals surface area contributed by atoms with Gasteiger partial charge in [0.2, 0.25) is 0 Å². The van der Waals surface area contributed by atoms with E-state index < -0.39 is 17.5 Å². The molecule has 2 rings (SSSR count). The highest BCUT2D eigenvalue weighted by molar-refractivity contribution is 7.09. The van der Waals surface area contributed by atoms with Crippen LogP contribution in [0, 0.1) is 0 Å². The zero-order chi connectivity index (χ0) is 10.2. The molecular formula is C9H11NO3S. The third-order valence-corrected chi connectivity index (χ3v) is 3.65. The van der Waals surface area contributed by atoms with Crippen molar-refractivity contribution in [1.29, 1.82) is 0 Å². The minimum Gasteiger partial charge on any atom is -0.467 e. The van der Waals surface area contributed by atoms with Crippen LogP contribution in [-0.4, -0.2) is 29.3 Å². The van der Waals surface area contributed by atoms with E-state index in [1.54, 1.807) is 11.7 Å². The minimum atomic E-state index is -1.05. The molecule has 1 aromatic rings. The van der Waals surface area contributed by atoms with Gasteiger partial charge in [-0.2, -0.15) is 0 Å². The summed E-state index contributed by atoms with van der Waals surface area (Å²) in [6.07, 6.45) is 2.31. The van der Waals surface area contributed by atoms with Gasteiger partial charge >= 0.3 is 5.97 Å². The number of hydrogen-bond donors (Lipinski definition) is 1. The molecule has 1 aliphatic carbocycles. The van der Waals surface area contributed by atoms with Gasteiger partial charge in [-0.15, -0.1) is 11.3 Å². The molecule has 14 heavy (non-hydrogen) atoms. The van der Waals surface area contributed by atoms with Gasteiger partial charge in [0, 0.05) is 16.5 Å². The topological polar surface area (TPSA) is 59.4 Å². The molecule has 1 fully saturated rings. The van der Waals surface area contributed by atoms with Gasteiger partial charge in [0.1, 0.15) is 0 Å². The van der Waals surface area contributed by atoms with Crippen molar-refractivity contribution in [2.75, 3.05) is 7.11 Å². The van der Waals surface area contributed by atoms with Gasteiger partial charge in [-0.1, -0.05) is 0 Å². The summed E-state index contributed by atoms with van der Waals surface area (Å²) in [6, 6.07) is 0. The second-order valence-corrected chi connectivity index (χ2v) is 4.33. The molecule has 0 aromatic carbocycles. The Morgan fingerprint density at radius 1 is 1.79 bits per heavy atom. The molecule has 1 N–H and O–H groups in total. The van der Waals surface area contributed by atoms with Crippen LogP contribution >= 0.6 is 11.3 Å². The summed E-state index contributed by atoms with van der Waals surface area (Å²) < 4.78 is 4.53. The lowest BCUT2D eigenvalue weighted by Gasteiger charge is -2.17. The van der Waals surface area contributed by atoms with Crippen molar-refractivity contribution >= 4 is 17.3 Å². The molecule has 5 heteroatoms. The van der Waals surface area contributed by atoms with Crippen LogP contribution in [-0.2, 0) is 14.9 Å². The molecule has 1 heterocycles. The molecule has 0 amide bonds. The Labute approximate surface area is 85.5 Å². The fourth-order valence-electron chi connectivity index (χ4n) is 1.59. The molecular weight excluding hydrogens is 202 g/mol. The number of nitrogens with zero attached hydrogens (tertiary/aromatic N) is 1. The lowest BCUT2D eigenvalue weighted by Crippen LogP contribution is -2.34. The van der Waals surface area contributed by atoms with Crippen LogP contribution in [0.1, 0.15) is 17.7 Å². The summed E-state index contributed by atoms with van der Waals surface area (Å²) in [7, 11) is 1.29. The van der Waals surface area contributed by atoms with Crippen molar-refractivity contribution in [3.05, 3.63) is 16.6 Å². The number of thiazole rings is 1. The van der Waals surface area contributed by atoms with Crippen LogP contribution in [0.25, 0.3) is 0 Å². The van der Waals surface area contributed by atoms with E-state index in [4.69, 9.17) is 0 Å². The number of esters is 1. The maximum Gasteiger partial charge on any atom is 0.335 e. The van der Waals surface area contributed by atoms with E-state index >= 15 is 0 Å². The van der Waals surface area contributed by atoms with E-state index in [0.717, 1.165) is 17.7 Å². The van der Waals surface area contributed by atoms with Gasteiger partial charge in [-0.25, -0.2) is 4.79 Å². The smallest absolute Gasteiger partial charge is 0.335 e. The molecule has 76 valence electrons. The minimum absolute atomic E-state index is 0.408. The summed E-state index contributed by atoms with van der Waals surface area (Å²) in [5.74, 6) is -0.559. The highest BCUT2D eigenvalue weighted by atomic mass is 32.1. The van der Waals surface area contributed by atoms with Gasteiger partial charge in [-0.05, 0) is 12.8 Å². The van der Waals surface area contributed by atoms with Gasteiger partial charge < -0.3 is 9.84 Å². The molecule has 1 unspecified atom stereocenters.